The molecule has 0 aromatic heterocycles. The highest BCUT2D eigenvalue weighted by Crippen LogP contribution is 2.17. The lowest BCUT2D eigenvalue weighted by Gasteiger charge is -2.37. The van der Waals surface area contributed by atoms with Crippen LogP contribution in [0.2, 0.25) is 0 Å². The molecule has 0 bridgehead atoms. The number of benzene rings is 1. The van der Waals surface area contributed by atoms with E-state index >= 15 is 0 Å². The molecule has 2 rings (SSSR count). The Kier molecular flexibility index (Phi) is 5.03. The fourth-order valence-corrected chi connectivity index (χ4v) is 2.52. The summed E-state index contributed by atoms with van der Waals surface area (Å²) in [4.78, 5) is 24.2. The molecule has 1 fully saturated rings. The van der Waals surface area contributed by atoms with Crippen LogP contribution in [0.5, 0.6) is 0 Å². The second-order valence-corrected chi connectivity index (χ2v) is 5.17. The van der Waals surface area contributed by atoms with Gasteiger partial charge in [0.25, 0.3) is 0 Å². The molecule has 6 nitrogen and oxygen atoms in total. The maximum Gasteiger partial charge on any atom is 0.407 e. The molecule has 0 spiro atoms. The molecule has 1 heterocycles. The number of hydrogen-bond acceptors (Lipinski definition) is 3. The zero-order valence-corrected chi connectivity index (χ0v) is 12.0. The van der Waals surface area contributed by atoms with Crippen molar-refractivity contribution in [1.29, 1.82) is 0 Å². The number of likely N-dealkylation sites (tertiary alicyclic amines) is 1. The molecule has 0 aliphatic carbocycles. The molecular formula is C15H20N2O4. The number of piperidine rings is 1. The summed E-state index contributed by atoms with van der Waals surface area (Å²) < 4.78 is 5.16. The molecule has 6 heteroatoms. The maximum absolute atomic E-state index is 11.8. The Morgan fingerprint density at radius 1 is 1.38 bits per heavy atom. The van der Waals surface area contributed by atoms with Gasteiger partial charge in [-0.3, -0.25) is 0 Å². The van der Waals surface area contributed by atoms with Crippen LogP contribution in [0.15, 0.2) is 30.3 Å². The first-order chi connectivity index (χ1) is 10.1. The van der Waals surface area contributed by atoms with Crippen molar-refractivity contribution in [3.8, 4) is 0 Å². The van der Waals surface area contributed by atoms with Crippen LogP contribution in [-0.4, -0.2) is 40.8 Å². The Morgan fingerprint density at radius 3 is 2.76 bits per heavy atom. The number of hydrogen-bond donors (Lipinski definition) is 2. The number of rotatable bonds is 3. The molecule has 2 atom stereocenters. The normalized spacial score (nSPS) is 21.7. The fourth-order valence-electron chi connectivity index (χ4n) is 2.52. The number of carboxylic acid groups (broad SMARTS) is 1. The van der Waals surface area contributed by atoms with Gasteiger partial charge in [0.05, 0.1) is 12.1 Å². The molecule has 0 saturated carbocycles. The first kappa shape index (κ1) is 15.2. The van der Waals surface area contributed by atoms with E-state index in [0.29, 0.717) is 6.54 Å². The predicted molar refractivity (Wildman–Crippen MR) is 77.0 cm³/mol. The number of ether oxygens (including phenoxy) is 1. The molecule has 2 amide bonds. The van der Waals surface area contributed by atoms with Gasteiger partial charge in [0.1, 0.15) is 6.61 Å². The van der Waals surface area contributed by atoms with E-state index in [9.17, 15) is 9.59 Å². The van der Waals surface area contributed by atoms with E-state index in [0.717, 1.165) is 18.4 Å². The Hall–Kier alpha value is -2.24. The van der Waals surface area contributed by atoms with Crippen molar-refractivity contribution in [2.24, 2.45) is 0 Å². The first-order valence-corrected chi connectivity index (χ1v) is 7.04. The zero-order chi connectivity index (χ0) is 15.2. The number of nitrogens with zero attached hydrogens (tertiary/aromatic N) is 1. The molecule has 1 aliphatic heterocycles. The van der Waals surface area contributed by atoms with Crippen LogP contribution < -0.4 is 5.32 Å². The smallest absolute Gasteiger partial charge is 0.407 e. The lowest BCUT2D eigenvalue weighted by molar-refractivity contribution is 0.0873. The summed E-state index contributed by atoms with van der Waals surface area (Å²) >= 11 is 0. The van der Waals surface area contributed by atoms with Crippen molar-refractivity contribution < 1.29 is 19.4 Å². The van der Waals surface area contributed by atoms with Crippen LogP contribution in [0.25, 0.3) is 0 Å². The molecule has 1 aliphatic rings. The Bertz CT molecular complexity index is 492. The van der Waals surface area contributed by atoms with Gasteiger partial charge in [0, 0.05) is 6.54 Å². The van der Waals surface area contributed by atoms with Gasteiger partial charge in [-0.15, -0.1) is 0 Å². The second kappa shape index (κ2) is 6.97. The molecule has 1 saturated heterocycles. The third kappa shape index (κ3) is 4.11. The minimum Gasteiger partial charge on any atom is -0.465 e. The zero-order valence-electron chi connectivity index (χ0n) is 12.0. The van der Waals surface area contributed by atoms with Gasteiger partial charge in [-0.1, -0.05) is 30.3 Å². The largest absolute Gasteiger partial charge is 0.465 e. The molecular weight excluding hydrogens is 272 g/mol. The van der Waals surface area contributed by atoms with E-state index in [-0.39, 0.29) is 18.7 Å². The average molecular weight is 292 g/mol. The highest BCUT2D eigenvalue weighted by atomic mass is 16.5. The van der Waals surface area contributed by atoms with Gasteiger partial charge < -0.3 is 20.1 Å². The van der Waals surface area contributed by atoms with Crippen LogP contribution in [0.3, 0.4) is 0 Å². The number of carbonyl (C=O) groups excluding carboxylic acids is 1. The lowest BCUT2D eigenvalue weighted by atomic mass is 9.98. The lowest BCUT2D eigenvalue weighted by Crippen LogP contribution is -2.55. The van der Waals surface area contributed by atoms with Crippen molar-refractivity contribution in [3.63, 3.8) is 0 Å². The molecule has 114 valence electrons. The van der Waals surface area contributed by atoms with Gasteiger partial charge in [0.2, 0.25) is 0 Å². The Labute approximate surface area is 123 Å². The molecule has 0 radical (unpaired) electrons. The average Bonchev–Trinajstić information content (AvgIpc) is 2.48. The standard InChI is InChI=1S/C15H20N2O4/c1-11-13(8-5-9-17(11)15(19)20)16-14(18)21-10-12-6-3-2-4-7-12/h2-4,6-7,11,13H,5,8-10H2,1H3,(H,16,18)(H,19,20)/t11-,13+/m0/s1. The van der Waals surface area contributed by atoms with E-state index in [4.69, 9.17) is 9.84 Å². The van der Waals surface area contributed by atoms with Crippen molar-refractivity contribution in [1.82, 2.24) is 10.2 Å². The maximum atomic E-state index is 11.8. The van der Waals surface area contributed by atoms with Gasteiger partial charge in [0.15, 0.2) is 0 Å². The molecule has 1 aromatic carbocycles. The summed E-state index contributed by atoms with van der Waals surface area (Å²) in [7, 11) is 0. The summed E-state index contributed by atoms with van der Waals surface area (Å²) in [6.07, 6.45) is 0.0284. The number of alkyl carbamates (subject to hydrolysis) is 1. The number of carbonyl (C=O) groups is 2. The van der Waals surface area contributed by atoms with Crippen LogP contribution in [-0.2, 0) is 11.3 Å². The van der Waals surface area contributed by atoms with Gasteiger partial charge in [-0.2, -0.15) is 0 Å². The van der Waals surface area contributed by atoms with E-state index in [2.05, 4.69) is 5.32 Å². The van der Waals surface area contributed by atoms with Crippen molar-refractivity contribution in [3.05, 3.63) is 35.9 Å². The summed E-state index contributed by atoms with van der Waals surface area (Å²) in [6.45, 7) is 2.51. The minimum atomic E-state index is -0.952. The van der Waals surface area contributed by atoms with Gasteiger partial charge in [-0.25, -0.2) is 9.59 Å². The molecule has 1 aromatic rings. The second-order valence-electron chi connectivity index (χ2n) is 5.17. The van der Waals surface area contributed by atoms with Crippen LogP contribution in [0.1, 0.15) is 25.3 Å². The Balaban J connectivity index is 1.83. The quantitative estimate of drug-likeness (QED) is 0.897. The number of amides is 2. The summed E-state index contributed by atoms with van der Waals surface area (Å²) in [6, 6.07) is 8.95. The summed E-state index contributed by atoms with van der Waals surface area (Å²) in [5.74, 6) is 0. The molecule has 2 N–H and O–H groups in total. The van der Waals surface area contributed by atoms with E-state index in [1.165, 1.54) is 4.90 Å². The van der Waals surface area contributed by atoms with E-state index in [1.54, 1.807) is 6.92 Å². The predicted octanol–water partition coefficient (Wildman–Crippen LogP) is 2.44. The SMILES string of the molecule is C[C@H]1[C@H](NC(=O)OCc2ccccc2)CCCN1C(=O)O. The van der Waals surface area contributed by atoms with E-state index < -0.39 is 12.2 Å². The van der Waals surface area contributed by atoms with Crippen LogP contribution in [0, 0.1) is 0 Å². The monoisotopic (exact) mass is 292 g/mol. The van der Waals surface area contributed by atoms with Crippen LogP contribution in [0.4, 0.5) is 9.59 Å². The first-order valence-electron chi connectivity index (χ1n) is 7.04. The van der Waals surface area contributed by atoms with Crippen molar-refractivity contribution in [2.75, 3.05) is 6.54 Å². The highest BCUT2D eigenvalue weighted by molar-refractivity contribution is 5.69. The summed E-state index contributed by atoms with van der Waals surface area (Å²) in [5.41, 5.74) is 0.913. The number of nitrogens with one attached hydrogen (secondary N) is 1. The van der Waals surface area contributed by atoms with Crippen LogP contribution >= 0.6 is 0 Å². The molecule has 0 unspecified atom stereocenters. The topological polar surface area (TPSA) is 78.9 Å². The third-order valence-electron chi connectivity index (χ3n) is 3.75. The highest BCUT2D eigenvalue weighted by Gasteiger charge is 2.32. The Morgan fingerprint density at radius 2 is 2.10 bits per heavy atom. The van der Waals surface area contributed by atoms with E-state index in [1.807, 2.05) is 30.3 Å². The molecule has 21 heavy (non-hydrogen) atoms. The third-order valence-corrected chi connectivity index (χ3v) is 3.75. The summed E-state index contributed by atoms with van der Waals surface area (Å²) in [5, 5.41) is 11.9. The van der Waals surface area contributed by atoms with Gasteiger partial charge >= 0.3 is 12.2 Å². The fraction of sp³-hybridized carbons (Fsp3) is 0.467. The van der Waals surface area contributed by atoms with Crippen molar-refractivity contribution in [2.45, 2.75) is 38.5 Å². The van der Waals surface area contributed by atoms with Crippen molar-refractivity contribution >= 4 is 12.2 Å². The minimum absolute atomic E-state index is 0.205. The van der Waals surface area contributed by atoms with Gasteiger partial charge in [-0.05, 0) is 25.3 Å².